The van der Waals surface area contributed by atoms with Crippen molar-refractivity contribution in [2.75, 3.05) is 6.54 Å². The molecule has 0 aromatic heterocycles. The summed E-state index contributed by atoms with van der Waals surface area (Å²) in [6.07, 6.45) is 5.67. The zero-order valence-electron chi connectivity index (χ0n) is 13.1. The van der Waals surface area contributed by atoms with Crippen LogP contribution in [0.5, 0.6) is 0 Å². The first-order valence-corrected chi connectivity index (χ1v) is 9.46. The summed E-state index contributed by atoms with van der Waals surface area (Å²) >= 11 is 0. The summed E-state index contributed by atoms with van der Waals surface area (Å²) in [4.78, 5) is 0. The highest BCUT2D eigenvalue weighted by Crippen LogP contribution is 2.43. The smallest absolute Gasteiger partial charge is 0.392 e. The van der Waals surface area contributed by atoms with Crippen LogP contribution in [0.1, 0.15) is 44.1 Å². The highest BCUT2D eigenvalue weighted by atomic mass is 31.1. The Morgan fingerprint density at radius 2 is 1.91 bits per heavy atom. The minimum atomic E-state index is -1.79. The number of hydrogen-bond acceptors (Lipinski definition) is 4. The number of benzene rings is 1. The highest BCUT2D eigenvalue weighted by molar-refractivity contribution is 7.40. The molecule has 4 nitrogen and oxygen atoms in total. The van der Waals surface area contributed by atoms with E-state index in [4.69, 9.17) is 10.3 Å². The Hall–Kier alpha value is -0.800. The van der Waals surface area contributed by atoms with Crippen LogP contribution < -0.4 is 5.73 Å². The van der Waals surface area contributed by atoms with E-state index in [0.717, 1.165) is 18.4 Å². The van der Waals surface area contributed by atoms with Crippen molar-refractivity contribution in [3.8, 4) is 0 Å². The fourth-order valence-corrected chi connectivity index (χ4v) is 4.68. The van der Waals surface area contributed by atoms with Crippen LogP contribution >= 0.6 is 8.03 Å². The van der Waals surface area contributed by atoms with Gasteiger partial charge in [-0.15, -0.1) is 4.52 Å². The molecule has 1 fully saturated rings. The molecule has 3 unspecified atom stereocenters. The van der Waals surface area contributed by atoms with E-state index in [1.54, 1.807) is 0 Å². The molecule has 0 aliphatic heterocycles. The van der Waals surface area contributed by atoms with E-state index in [9.17, 15) is 9.67 Å². The number of aliphatic hydroxyl groups is 1. The van der Waals surface area contributed by atoms with Gasteiger partial charge in [0, 0.05) is 18.9 Å². The van der Waals surface area contributed by atoms with Gasteiger partial charge in [0.15, 0.2) is 5.66 Å². The fraction of sp³-hybridized carbons (Fsp3) is 0.647. The molecule has 3 atom stereocenters. The van der Waals surface area contributed by atoms with Gasteiger partial charge in [-0.05, 0) is 23.0 Å². The maximum Gasteiger partial charge on any atom is 0.512 e. The maximum absolute atomic E-state index is 12.6. The Morgan fingerprint density at radius 1 is 1.23 bits per heavy atom. The molecule has 1 aliphatic carbocycles. The van der Waals surface area contributed by atoms with Crippen molar-refractivity contribution >= 4 is 8.03 Å². The molecule has 0 bridgehead atoms. The first-order chi connectivity index (χ1) is 10.7. The molecule has 1 aromatic carbocycles. The molecule has 3 N–H and O–H groups in total. The molecule has 2 rings (SSSR count). The van der Waals surface area contributed by atoms with Gasteiger partial charge in [0.2, 0.25) is 0 Å². The fourth-order valence-electron chi connectivity index (χ4n) is 3.15. The van der Waals surface area contributed by atoms with Gasteiger partial charge in [0.1, 0.15) is 6.61 Å². The molecule has 0 spiro atoms. The maximum atomic E-state index is 12.6. The lowest BCUT2D eigenvalue weighted by Gasteiger charge is -2.24. The van der Waals surface area contributed by atoms with Crippen LogP contribution in [0.3, 0.4) is 0 Å². The van der Waals surface area contributed by atoms with E-state index < -0.39 is 14.1 Å². The Kier molecular flexibility index (Phi) is 7.47. The van der Waals surface area contributed by atoms with Gasteiger partial charge in [-0.3, -0.25) is 0 Å². The molecule has 22 heavy (non-hydrogen) atoms. The van der Waals surface area contributed by atoms with Crippen molar-refractivity contribution in [3.63, 3.8) is 0 Å². The number of aliphatic hydroxyl groups excluding tert-OH is 1. The minimum Gasteiger partial charge on any atom is -0.392 e. The molecule has 5 heteroatoms. The minimum absolute atomic E-state index is 0.0856. The van der Waals surface area contributed by atoms with Crippen LogP contribution in [0.2, 0.25) is 0 Å². The lowest BCUT2D eigenvalue weighted by molar-refractivity contribution is 0.154. The lowest BCUT2D eigenvalue weighted by atomic mass is 9.85. The van der Waals surface area contributed by atoms with Gasteiger partial charge in [-0.2, -0.15) is 0 Å². The predicted molar refractivity (Wildman–Crippen MR) is 88.9 cm³/mol. The molecule has 1 aromatic rings. The number of rotatable bonds is 8. The molecular formula is C17H27NO3P+. The highest BCUT2D eigenvalue weighted by Gasteiger charge is 2.41. The third-order valence-electron chi connectivity index (χ3n) is 4.45. The SMILES string of the molecule is NCC(O)CC(C1CCCCC1)[P+](=O)OCc1ccccc1. The normalized spacial score (nSPS) is 19.6. The molecule has 1 saturated carbocycles. The van der Waals surface area contributed by atoms with Crippen LogP contribution in [0.25, 0.3) is 0 Å². The molecular weight excluding hydrogens is 297 g/mol. The lowest BCUT2D eigenvalue weighted by Crippen LogP contribution is -2.29. The van der Waals surface area contributed by atoms with Crippen molar-refractivity contribution in [3.05, 3.63) is 35.9 Å². The van der Waals surface area contributed by atoms with Crippen LogP contribution in [0.4, 0.5) is 0 Å². The average molecular weight is 324 g/mol. The van der Waals surface area contributed by atoms with Crippen LogP contribution in [0.15, 0.2) is 30.3 Å². The van der Waals surface area contributed by atoms with Crippen molar-refractivity contribution < 1.29 is 14.2 Å². The van der Waals surface area contributed by atoms with Gasteiger partial charge >= 0.3 is 8.03 Å². The molecule has 1 aliphatic rings. The van der Waals surface area contributed by atoms with Gasteiger partial charge in [-0.1, -0.05) is 49.6 Å². The molecule has 0 saturated heterocycles. The largest absolute Gasteiger partial charge is 0.512 e. The monoisotopic (exact) mass is 324 g/mol. The Balaban J connectivity index is 1.95. The third-order valence-corrected chi connectivity index (χ3v) is 6.01. The van der Waals surface area contributed by atoms with Gasteiger partial charge in [0.05, 0.1) is 6.10 Å². The summed E-state index contributed by atoms with van der Waals surface area (Å²) in [6.45, 7) is 0.572. The molecule has 0 heterocycles. The topological polar surface area (TPSA) is 72.5 Å². The first kappa shape index (κ1) is 17.6. The second-order valence-corrected chi connectivity index (χ2v) is 7.63. The standard InChI is InChI=1S/C17H27NO3P/c18-12-16(19)11-17(15-9-5-2-6-10-15)22(20)21-13-14-7-3-1-4-8-14/h1,3-4,7-8,15-17,19H,2,5-6,9-13,18H2/q+1. The average Bonchev–Trinajstić information content (AvgIpc) is 2.59. The van der Waals surface area contributed by atoms with Gasteiger partial charge < -0.3 is 10.8 Å². The zero-order chi connectivity index (χ0) is 15.8. The Labute approximate surface area is 133 Å². The second kappa shape index (κ2) is 9.36. The molecule has 0 radical (unpaired) electrons. The third kappa shape index (κ3) is 5.44. The zero-order valence-corrected chi connectivity index (χ0v) is 14.0. The van der Waals surface area contributed by atoms with Crippen LogP contribution in [0, 0.1) is 5.92 Å². The van der Waals surface area contributed by atoms with E-state index in [-0.39, 0.29) is 12.2 Å². The predicted octanol–water partition coefficient (Wildman–Crippen LogP) is 3.60. The summed E-state index contributed by atoms with van der Waals surface area (Å²) in [5.74, 6) is 0.384. The molecule has 122 valence electrons. The van der Waals surface area contributed by atoms with E-state index in [1.807, 2.05) is 30.3 Å². The number of nitrogens with two attached hydrogens (primary N) is 1. The number of hydrogen-bond donors (Lipinski definition) is 2. The van der Waals surface area contributed by atoms with Crippen LogP contribution in [-0.2, 0) is 15.7 Å². The summed E-state index contributed by atoms with van der Waals surface area (Å²) in [7, 11) is -1.79. The van der Waals surface area contributed by atoms with E-state index >= 15 is 0 Å². The Morgan fingerprint density at radius 3 is 2.55 bits per heavy atom. The summed E-state index contributed by atoms with van der Waals surface area (Å²) in [5, 5.41) is 9.88. The van der Waals surface area contributed by atoms with Crippen molar-refractivity contribution in [2.24, 2.45) is 11.7 Å². The first-order valence-electron chi connectivity index (χ1n) is 8.22. The van der Waals surface area contributed by atoms with Gasteiger partial charge in [0.25, 0.3) is 0 Å². The van der Waals surface area contributed by atoms with E-state index in [2.05, 4.69) is 0 Å². The van der Waals surface area contributed by atoms with Gasteiger partial charge in [-0.25, -0.2) is 0 Å². The quantitative estimate of drug-likeness (QED) is 0.717. The summed E-state index contributed by atoms with van der Waals surface area (Å²) in [6, 6.07) is 9.78. The van der Waals surface area contributed by atoms with E-state index in [1.165, 1.54) is 19.3 Å². The second-order valence-electron chi connectivity index (χ2n) is 6.14. The Bertz CT molecular complexity index is 448. The molecule has 0 amide bonds. The van der Waals surface area contributed by atoms with E-state index in [0.29, 0.717) is 18.9 Å². The van der Waals surface area contributed by atoms with Crippen molar-refractivity contribution in [1.29, 1.82) is 0 Å². The van der Waals surface area contributed by atoms with Crippen LogP contribution in [-0.4, -0.2) is 23.4 Å². The van der Waals surface area contributed by atoms with Crippen molar-refractivity contribution in [1.82, 2.24) is 0 Å². The van der Waals surface area contributed by atoms with Crippen molar-refractivity contribution in [2.45, 2.75) is 56.9 Å². The summed E-state index contributed by atoms with van der Waals surface area (Å²) < 4.78 is 18.3. The summed E-state index contributed by atoms with van der Waals surface area (Å²) in [5.41, 5.74) is 6.46.